The molecule has 0 saturated heterocycles. The lowest BCUT2D eigenvalue weighted by molar-refractivity contribution is 0.288. The molecule has 0 aromatic carbocycles. The zero-order chi connectivity index (χ0) is 11.5. The van der Waals surface area contributed by atoms with E-state index in [-0.39, 0.29) is 0 Å². The van der Waals surface area contributed by atoms with E-state index in [9.17, 15) is 0 Å². The van der Waals surface area contributed by atoms with E-state index in [4.69, 9.17) is 10.00 Å². The maximum Gasteiger partial charge on any atom is 0.106 e. The van der Waals surface area contributed by atoms with Crippen LogP contribution in [0.1, 0.15) is 0 Å². The molecule has 0 spiro atoms. The topological polar surface area (TPSA) is 33.0 Å². The largest absolute Gasteiger partial charge is 0.496 e. The van der Waals surface area contributed by atoms with Crippen LogP contribution in [0.2, 0.25) is 0 Å². The van der Waals surface area contributed by atoms with Gasteiger partial charge in [0, 0.05) is 0 Å². The Morgan fingerprint density at radius 2 is 1.56 bits per heavy atom. The summed E-state index contributed by atoms with van der Waals surface area (Å²) in [5.41, 5.74) is 0.495. The number of ether oxygens (including phenoxy) is 1. The van der Waals surface area contributed by atoms with Crippen LogP contribution in [-0.4, -0.2) is 6.61 Å². The average Bonchev–Trinajstić information content (AvgIpc) is 2.32. The molecule has 0 aromatic heterocycles. The van der Waals surface area contributed by atoms with Crippen molar-refractivity contribution >= 4 is 0 Å². The van der Waals surface area contributed by atoms with Crippen molar-refractivity contribution in [3.05, 3.63) is 72.6 Å². The van der Waals surface area contributed by atoms with Crippen LogP contribution in [0.4, 0.5) is 0 Å². The minimum absolute atomic E-state index is 0.461. The number of hydrogen-bond donors (Lipinski definition) is 0. The van der Waals surface area contributed by atoms with Crippen LogP contribution >= 0.6 is 0 Å². The number of allylic oxidation sites excluding steroid dienone is 10. The Balaban J connectivity index is 2.75. The first-order chi connectivity index (χ1) is 7.93. The first-order valence-corrected chi connectivity index (χ1v) is 4.98. The third-order valence-corrected chi connectivity index (χ3v) is 1.72. The van der Waals surface area contributed by atoms with E-state index in [1.807, 2.05) is 54.7 Å². The Bertz CT molecular complexity index is 415. The molecule has 0 atom stereocenters. The average molecular weight is 211 g/mol. The molecule has 1 rings (SSSR count). The molecule has 80 valence electrons. The summed E-state index contributed by atoms with van der Waals surface area (Å²) in [7, 11) is 0. The summed E-state index contributed by atoms with van der Waals surface area (Å²) < 4.78 is 5.18. The molecule has 0 N–H and O–H groups in total. The molecule has 0 unspecified atom stereocenters. The highest BCUT2D eigenvalue weighted by molar-refractivity contribution is 5.33. The fraction of sp³-hybridized carbons (Fsp3) is 0.0714. The zero-order valence-electron chi connectivity index (χ0n) is 8.91. The van der Waals surface area contributed by atoms with Crippen molar-refractivity contribution in [2.45, 2.75) is 0 Å². The number of nitrogens with zero attached hydrogens (tertiary/aromatic N) is 1. The van der Waals surface area contributed by atoms with Crippen molar-refractivity contribution in [1.29, 1.82) is 5.26 Å². The molecule has 1 heterocycles. The first-order valence-electron chi connectivity index (χ1n) is 4.98. The Kier molecular flexibility index (Phi) is 5.96. The molecule has 0 aliphatic carbocycles. The lowest BCUT2D eigenvalue weighted by Gasteiger charge is -1.94. The molecule has 0 amide bonds. The molecule has 16 heavy (non-hydrogen) atoms. The van der Waals surface area contributed by atoms with Crippen LogP contribution in [0.25, 0.3) is 0 Å². The van der Waals surface area contributed by atoms with Gasteiger partial charge in [0.25, 0.3) is 0 Å². The second-order valence-electron chi connectivity index (χ2n) is 2.96. The summed E-state index contributed by atoms with van der Waals surface area (Å²) in [4.78, 5) is 0. The molecular formula is C14H13NO. The van der Waals surface area contributed by atoms with E-state index in [0.717, 1.165) is 0 Å². The Morgan fingerprint density at radius 3 is 2.25 bits per heavy atom. The number of rotatable bonds is 0. The van der Waals surface area contributed by atoms with Crippen LogP contribution in [0.15, 0.2) is 72.6 Å². The number of hydrogen-bond acceptors (Lipinski definition) is 2. The molecule has 1 aliphatic rings. The van der Waals surface area contributed by atoms with Crippen molar-refractivity contribution in [3.63, 3.8) is 0 Å². The summed E-state index contributed by atoms with van der Waals surface area (Å²) >= 11 is 0. The highest BCUT2D eigenvalue weighted by Crippen LogP contribution is 1.97. The third-order valence-electron chi connectivity index (χ3n) is 1.72. The standard InChI is InChI=1S/C14H13NO/c15-12-14-10-8-6-4-2-1-3-5-7-9-11-16-13-14/h1-10,13H,11H2/b2-1+,5-3+,6-4+,9-7-,10-8+,14-13+. The monoisotopic (exact) mass is 211 g/mol. The quantitative estimate of drug-likeness (QED) is 0.616. The molecule has 0 saturated carbocycles. The Hall–Kier alpha value is -2.27. The van der Waals surface area contributed by atoms with E-state index in [0.29, 0.717) is 12.2 Å². The van der Waals surface area contributed by atoms with Crippen molar-refractivity contribution in [3.8, 4) is 6.07 Å². The van der Waals surface area contributed by atoms with E-state index in [2.05, 4.69) is 0 Å². The first kappa shape index (κ1) is 11.8. The predicted octanol–water partition coefficient (Wildman–Crippen LogP) is 3.21. The summed E-state index contributed by atoms with van der Waals surface area (Å²) in [5.74, 6) is 0. The lowest BCUT2D eigenvalue weighted by Crippen LogP contribution is -1.83. The van der Waals surface area contributed by atoms with Gasteiger partial charge in [0.2, 0.25) is 0 Å². The van der Waals surface area contributed by atoms with Gasteiger partial charge in [-0.3, -0.25) is 0 Å². The fourth-order valence-electron chi connectivity index (χ4n) is 0.975. The molecule has 0 bridgehead atoms. The van der Waals surface area contributed by atoms with Gasteiger partial charge >= 0.3 is 0 Å². The van der Waals surface area contributed by atoms with Gasteiger partial charge in [0.05, 0.1) is 5.57 Å². The van der Waals surface area contributed by atoms with Gasteiger partial charge in [-0.15, -0.1) is 0 Å². The summed E-state index contributed by atoms with van der Waals surface area (Å²) in [5, 5.41) is 8.78. The smallest absolute Gasteiger partial charge is 0.106 e. The third kappa shape index (κ3) is 5.46. The molecule has 2 nitrogen and oxygen atoms in total. The minimum atomic E-state index is 0.461. The van der Waals surface area contributed by atoms with Crippen LogP contribution in [0, 0.1) is 11.3 Å². The minimum Gasteiger partial charge on any atom is -0.496 e. The molecule has 2 heteroatoms. The van der Waals surface area contributed by atoms with Crippen LogP contribution < -0.4 is 0 Å². The maximum atomic E-state index is 8.78. The van der Waals surface area contributed by atoms with E-state index in [1.165, 1.54) is 6.26 Å². The van der Waals surface area contributed by atoms with E-state index in [1.54, 1.807) is 12.2 Å². The van der Waals surface area contributed by atoms with Crippen molar-refractivity contribution in [2.75, 3.05) is 6.61 Å². The van der Waals surface area contributed by atoms with Crippen LogP contribution in [0.5, 0.6) is 0 Å². The highest BCUT2D eigenvalue weighted by atomic mass is 16.5. The molecule has 0 fully saturated rings. The summed E-state index contributed by atoms with van der Waals surface area (Å²) in [6, 6.07) is 2.04. The molecule has 1 aliphatic heterocycles. The van der Waals surface area contributed by atoms with Crippen molar-refractivity contribution < 1.29 is 4.74 Å². The van der Waals surface area contributed by atoms with Gasteiger partial charge in [-0.05, 0) is 12.2 Å². The molecular weight excluding hydrogens is 198 g/mol. The van der Waals surface area contributed by atoms with Gasteiger partial charge in [0.15, 0.2) is 0 Å². The van der Waals surface area contributed by atoms with Gasteiger partial charge in [0.1, 0.15) is 18.9 Å². The fourth-order valence-corrected chi connectivity index (χ4v) is 0.975. The normalized spacial score (nSPS) is 29.3. The van der Waals surface area contributed by atoms with Crippen LogP contribution in [-0.2, 0) is 4.74 Å². The van der Waals surface area contributed by atoms with Crippen LogP contribution in [0.3, 0.4) is 0 Å². The SMILES string of the molecule is N#CC1=C\OC\C=C/C=C/C=C/C=C/C=C/1. The maximum absolute atomic E-state index is 8.78. The lowest BCUT2D eigenvalue weighted by atomic mass is 10.3. The molecule has 0 radical (unpaired) electrons. The second kappa shape index (κ2) is 8.07. The second-order valence-corrected chi connectivity index (χ2v) is 2.96. The van der Waals surface area contributed by atoms with Gasteiger partial charge < -0.3 is 4.74 Å². The summed E-state index contributed by atoms with van der Waals surface area (Å²) in [6.45, 7) is 0.461. The van der Waals surface area contributed by atoms with Gasteiger partial charge in [-0.1, -0.05) is 48.6 Å². The van der Waals surface area contributed by atoms with Crippen molar-refractivity contribution in [1.82, 2.24) is 0 Å². The highest BCUT2D eigenvalue weighted by Gasteiger charge is 1.86. The van der Waals surface area contributed by atoms with E-state index >= 15 is 0 Å². The van der Waals surface area contributed by atoms with Crippen molar-refractivity contribution in [2.24, 2.45) is 0 Å². The predicted molar refractivity (Wildman–Crippen MR) is 65.3 cm³/mol. The summed E-state index contributed by atoms with van der Waals surface area (Å²) in [6.07, 6.45) is 20.2. The number of nitriles is 1. The zero-order valence-corrected chi connectivity index (χ0v) is 8.91. The van der Waals surface area contributed by atoms with Gasteiger partial charge in [-0.25, -0.2) is 0 Å². The van der Waals surface area contributed by atoms with E-state index < -0.39 is 0 Å². The Labute approximate surface area is 95.8 Å². The molecule has 0 aromatic rings. The van der Waals surface area contributed by atoms with Gasteiger partial charge in [-0.2, -0.15) is 5.26 Å². The Morgan fingerprint density at radius 1 is 0.938 bits per heavy atom.